The van der Waals surface area contributed by atoms with E-state index in [-0.39, 0.29) is 24.0 Å². The predicted molar refractivity (Wildman–Crippen MR) is 108 cm³/mol. The van der Waals surface area contributed by atoms with E-state index >= 15 is 0 Å². The van der Waals surface area contributed by atoms with E-state index in [4.69, 9.17) is 4.74 Å². The number of amides is 1. The van der Waals surface area contributed by atoms with Crippen molar-refractivity contribution < 1.29 is 14.3 Å². The van der Waals surface area contributed by atoms with E-state index in [0.29, 0.717) is 17.2 Å². The van der Waals surface area contributed by atoms with Crippen LogP contribution in [0.2, 0.25) is 0 Å². The summed E-state index contributed by atoms with van der Waals surface area (Å²) in [7, 11) is 1.69. The number of nitrogens with zero attached hydrogens (tertiary/aromatic N) is 2. The van der Waals surface area contributed by atoms with Crippen LogP contribution in [-0.2, 0) is 11.3 Å². The number of likely N-dealkylation sites (tertiary alicyclic amines) is 1. The summed E-state index contributed by atoms with van der Waals surface area (Å²) in [4.78, 5) is 28.3. The monoisotopic (exact) mass is 378 g/mol. The van der Waals surface area contributed by atoms with E-state index < -0.39 is 0 Å². The van der Waals surface area contributed by atoms with E-state index in [1.54, 1.807) is 25.2 Å². The molecule has 5 heteroatoms. The SMILES string of the molecule is CC(=O)c1cccc(N(C)C(=O)OC2C3CCC2N(Cc2ccccc2)C3)c1. The summed E-state index contributed by atoms with van der Waals surface area (Å²) in [6, 6.07) is 17.8. The van der Waals surface area contributed by atoms with Crippen LogP contribution >= 0.6 is 0 Å². The smallest absolute Gasteiger partial charge is 0.414 e. The first-order valence-electron chi connectivity index (χ1n) is 9.86. The minimum Gasteiger partial charge on any atom is -0.444 e. The summed E-state index contributed by atoms with van der Waals surface area (Å²) in [5.74, 6) is 0.378. The third-order valence-corrected chi connectivity index (χ3v) is 5.99. The number of rotatable bonds is 5. The lowest BCUT2D eigenvalue weighted by Gasteiger charge is -2.27. The van der Waals surface area contributed by atoms with Crippen LogP contribution < -0.4 is 4.90 Å². The zero-order chi connectivity index (χ0) is 19.7. The topological polar surface area (TPSA) is 49.9 Å². The first kappa shape index (κ1) is 18.7. The van der Waals surface area contributed by atoms with Crippen molar-refractivity contribution in [3.05, 3.63) is 65.7 Å². The number of hydrogen-bond acceptors (Lipinski definition) is 4. The third kappa shape index (κ3) is 3.67. The lowest BCUT2D eigenvalue weighted by Crippen LogP contribution is -2.38. The second kappa shape index (κ2) is 7.76. The molecule has 1 saturated heterocycles. The van der Waals surface area contributed by atoms with Gasteiger partial charge in [-0.15, -0.1) is 0 Å². The molecule has 3 atom stereocenters. The number of hydrogen-bond donors (Lipinski definition) is 0. The van der Waals surface area contributed by atoms with Crippen LogP contribution in [0.5, 0.6) is 0 Å². The van der Waals surface area contributed by atoms with Gasteiger partial charge in [-0.1, -0.05) is 42.5 Å². The van der Waals surface area contributed by atoms with Crippen molar-refractivity contribution in [2.45, 2.75) is 38.5 Å². The second-order valence-corrected chi connectivity index (χ2v) is 7.83. The van der Waals surface area contributed by atoms with Gasteiger partial charge in [-0.05, 0) is 37.5 Å². The average Bonchev–Trinajstić information content (AvgIpc) is 3.24. The summed E-state index contributed by atoms with van der Waals surface area (Å²) in [5.41, 5.74) is 2.55. The molecule has 2 fully saturated rings. The number of ether oxygens (including phenoxy) is 1. The van der Waals surface area contributed by atoms with Gasteiger partial charge in [0.2, 0.25) is 0 Å². The highest BCUT2D eigenvalue weighted by atomic mass is 16.6. The van der Waals surface area contributed by atoms with Crippen LogP contribution in [0, 0.1) is 5.92 Å². The first-order chi connectivity index (χ1) is 13.5. The Balaban J connectivity index is 1.42. The Morgan fingerprint density at radius 1 is 1.11 bits per heavy atom. The molecule has 1 aliphatic heterocycles. The van der Waals surface area contributed by atoms with Gasteiger partial charge in [-0.3, -0.25) is 14.6 Å². The van der Waals surface area contributed by atoms with Gasteiger partial charge >= 0.3 is 6.09 Å². The van der Waals surface area contributed by atoms with Gasteiger partial charge in [-0.2, -0.15) is 0 Å². The fourth-order valence-corrected chi connectivity index (χ4v) is 4.46. The third-order valence-electron chi connectivity index (χ3n) is 5.99. The van der Waals surface area contributed by atoms with Crippen molar-refractivity contribution in [1.29, 1.82) is 0 Å². The largest absolute Gasteiger partial charge is 0.444 e. The van der Waals surface area contributed by atoms with Gasteiger partial charge in [0.05, 0.1) is 0 Å². The van der Waals surface area contributed by atoms with E-state index in [1.165, 1.54) is 17.4 Å². The van der Waals surface area contributed by atoms with Crippen LogP contribution in [0.1, 0.15) is 35.7 Å². The van der Waals surface area contributed by atoms with Crippen LogP contribution in [-0.4, -0.2) is 42.5 Å². The fraction of sp³-hybridized carbons (Fsp3) is 0.391. The van der Waals surface area contributed by atoms with Crippen molar-refractivity contribution in [1.82, 2.24) is 4.90 Å². The number of carbonyl (C=O) groups is 2. The quantitative estimate of drug-likeness (QED) is 0.734. The number of fused-ring (bicyclic) bond motifs is 2. The number of benzene rings is 2. The number of piperidine rings is 1. The normalized spacial score (nSPS) is 23.6. The Kier molecular flexibility index (Phi) is 5.18. The highest BCUT2D eigenvalue weighted by Crippen LogP contribution is 2.41. The Hall–Kier alpha value is -2.66. The number of Topliss-reactive ketones (excluding diaryl/α,β-unsaturated/α-hetero) is 1. The predicted octanol–water partition coefficient (Wildman–Crippen LogP) is 4.13. The second-order valence-electron chi connectivity index (χ2n) is 7.83. The van der Waals surface area contributed by atoms with E-state index in [2.05, 4.69) is 29.2 Å². The van der Waals surface area contributed by atoms with Crippen molar-refractivity contribution >= 4 is 17.6 Å². The molecule has 0 aromatic heterocycles. The molecule has 0 radical (unpaired) electrons. The van der Waals surface area contributed by atoms with Gasteiger partial charge < -0.3 is 4.74 Å². The van der Waals surface area contributed by atoms with E-state index in [9.17, 15) is 9.59 Å². The summed E-state index contributed by atoms with van der Waals surface area (Å²) >= 11 is 0. The van der Waals surface area contributed by atoms with Crippen LogP contribution in [0.4, 0.5) is 10.5 Å². The van der Waals surface area contributed by atoms with Crippen LogP contribution in [0.15, 0.2) is 54.6 Å². The molecular formula is C23H26N2O3. The maximum atomic E-state index is 12.8. The average molecular weight is 378 g/mol. The number of anilines is 1. The van der Waals surface area contributed by atoms with Gasteiger partial charge in [-0.25, -0.2) is 4.79 Å². The minimum atomic E-state index is -0.357. The Morgan fingerprint density at radius 3 is 2.64 bits per heavy atom. The summed E-state index contributed by atoms with van der Waals surface area (Å²) < 4.78 is 5.94. The molecular weight excluding hydrogens is 352 g/mol. The molecule has 1 aliphatic carbocycles. The Labute approximate surface area is 165 Å². The molecule has 0 N–H and O–H groups in total. The van der Waals surface area contributed by atoms with Crippen molar-refractivity contribution in [2.75, 3.05) is 18.5 Å². The number of carbonyl (C=O) groups excluding carboxylic acids is 2. The van der Waals surface area contributed by atoms with Crippen LogP contribution in [0.25, 0.3) is 0 Å². The number of ketones is 1. The molecule has 4 rings (SSSR count). The molecule has 1 saturated carbocycles. The van der Waals surface area contributed by atoms with E-state index in [1.807, 2.05) is 12.1 Å². The van der Waals surface area contributed by atoms with Crippen molar-refractivity contribution in [3.63, 3.8) is 0 Å². The van der Waals surface area contributed by atoms with Gasteiger partial charge in [0.1, 0.15) is 6.10 Å². The Bertz CT molecular complexity index is 867. The van der Waals surface area contributed by atoms with Crippen molar-refractivity contribution in [2.24, 2.45) is 5.92 Å². The maximum absolute atomic E-state index is 12.8. The zero-order valence-corrected chi connectivity index (χ0v) is 16.4. The molecule has 1 amide bonds. The summed E-state index contributed by atoms with van der Waals surface area (Å²) in [6.07, 6.45) is 1.76. The maximum Gasteiger partial charge on any atom is 0.414 e. The molecule has 2 bridgehead atoms. The molecule has 28 heavy (non-hydrogen) atoms. The van der Waals surface area contributed by atoms with E-state index in [0.717, 1.165) is 25.9 Å². The molecule has 2 aromatic carbocycles. The minimum absolute atomic E-state index is 0.0194. The van der Waals surface area contributed by atoms with Crippen LogP contribution in [0.3, 0.4) is 0 Å². The van der Waals surface area contributed by atoms with Crippen molar-refractivity contribution in [3.8, 4) is 0 Å². The highest BCUT2D eigenvalue weighted by molar-refractivity contribution is 5.96. The molecule has 0 spiro atoms. The summed E-state index contributed by atoms with van der Waals surface area (Å²) in [5, 5.41) is 0. The molecule has 3 unspecified atom stereocenters. The lowest BCUT2D eigenvalue weighted by atomic mass is 10.1. The Morgan fingerprint density at radius 2 is 1.89 bits per heavy atom. The lowest BCUT2D eigenvalue weighted by molar-refractivity contribution is 0.0790. The molecule has 2 aliphatic rings. The highest BCUT2D eigenvalue weighted by Gasteiger charge is 2.49. The fourth-order valence-electron chi connectivity index (χ4n) is 4.46. The van der Waals surface area contributed by atoms with Gasteiger partial charge in [0.15, 0.2) is 5.78 Å². The zero-order valence-electron chi connectivity index (χ0n) is 16.4. The molecule has 1 heterocycles. The first-order valence-corrected chi connectivity index (χ1v) is 9.86. The molecule has 5 nitrogen and oxygen atoms in total. The van der Waals surface area contributed by atoms with Gasteiger partial charge in [0, 0.05) is 43.3 Å². The standard InChI is InChI=1S/C23H26N2O3/c1-16(26)18-9-6-10-20(13-18)24(2)23(27)28-22-19-11-12-21(22)25(15-19)14-17-7-4-3-5-8-17/h3-10,13,19,21-22H,11-12,14-15H2,1-2H3. The molecule has 2 aromatic rings. The van der Waals surface area contributed by atoms with Gasteiger partial charge in [0.25, 0.3) is 0 Å². The molecule has 146 valence electrons. The summed E-state index contributed by atoms with van der Waals surface area (Å²) in [6.45, 7) is 3.39.